The van der Waals surface area contributed by atoms with Crippen molar-refractivity contribution < 1.29 is 18.0 Å². The second kappa shape index (κ2) is 6.96. The summed E-state index contributed by atoms with van der Waals surface area (Å²) >= 11 is 1.55. The van der Waals surface area contributed by atoms with Crippen molar-refractivity contribution in [1.29, 1.82) is 0 Å². The Kier molecular flexibility index (Phi) is 5.24. The summed E-state index contributed by atoms with van der Waals surface area (Å²) in [6.45, 7) is 2.87. The first-order chi connectivity index (χ1) is 10.4. The van der Waals surface area contributed by atoms with E-state index in [0.29, 0.717) is 18.7 Å². The molecule has 1 heterocycles. The molecule has 2 nitrogen and oxygen atoms in total. The predicted molar refractivity (Wildman–Crippen MR) is 80.6 cm³/mol. The molecular weight excluding hydrogens is 311 g/mol. The second-order valence-corrected chi connectivity index (χ2v) is 5.89. The van der Waals surface area contributed by atoms with Crippen molar-refractivity contribution in [3.05, 3.63) is 57.8 Å². The maximum absolute atomic E-state index is 12.7. The summed E-state index contributed by atoms with van der Waals surface area (Å²) in [4.78, 5) is 15.0. The summed E-state index contributed by atoms with van der Waals surface area (Å²) in [6, 6.07) is 8.78. The number of rotatable bonds is 5. The highest BCUT2D eigenvalue weighted by Crippen LogP contribution is 2.29. The van der Waals surface area contributed by atoms with Gasteiger partial charge >= 0.3 is 6.18 Å². The topological polar surface area (TPSA) is 20.3 Å². The zero-order valence-corrected chi connectivity index (χ0v) is 12.9. The van der Waals surface area contributed by atoms with Crippen molar-refractivity contribution in [3.8, 4) is 0 Å². The first-order valence-electron chi connectivity index (χ1n) is 6.86. The highest BCUT2D eigenvalue weighted by atomic mass is 32.1. The monoisotopic (exact) mass is 327 g/mol. The molecule has 0 bridgehead atoms. The number of benzene rings is 1. The Hall–Kier alpha value is -1.82. The quantitative estimate of drug-likeness (QED) is 0.799. The molecular formula is C16H16F3NOS. The summed E-state index contributed by atoms with van der Waals surface area (Å²) in [5.41, 5.74) is -0.344. The number of alkyl halides is 3. The molecule has 1 aromatic carbocycles. The minimum atomic E-state index is -4.39. The highest BCUT2D eigenvalue weighted by Gasteiger charge is 2.30. The van der Waals surface area contributed by atoms with Gasteiger partial charge in [0, 0.05) is 11.4 Å². The van der Waals surface area contributed by atoms with Crippen LogP contribution in [0.2, 0.25) is 0 Å². The van der Waals surface area contributed by atoms with Gasteiger partial charge in [-0.15, -0.1) is 11.3 Å². The van der Waals surface area contributed by atoms with Crippen molar-refractivity contribution in [2.45, 2.75) is 26.1 Å². The molecule has 0 N–H and O–H groups in total. The average Bonchev–Trinajstić information content (AvgIpc) is 2.97. The Morgan fingerprint density at radius 3 is 2.59 bits per heavy atom. The van der Waals surface area contributed by atoms with Crippen LogP contribution in [-0.2, 0) is 23.9 Å². The highest BCUT2D eigenvalue weighted by molar-refractivity contribution is 7.09. The van der Waals surface area contributed by atoms with Crippen molar-refractivity contribution in [1.82, 2.24) is 4.90 Å². The van der Waals surface area contributed by atoms with E-state index in [4.69, 9.17) is 0 Å². The molecule has 0 atom stereocenters. The van der Waals surface area contributed by atoms with E-state index in [1.54, 1.807) is 22.3 Å². The van der Waals surface area contributed by atoms with Gasteiger partial charge in [0.25, 0.3) is 0 Å². The molecule has 0 aliphatic rings. The molecule has 0 fully saturated rings. The molecule has 118 valence electrons. The summed E-state index contributed by atoms with van der Waals surface area (Å²) in [7, 11) is 0. The number of likely N-dealkylation sites (N-methyl/N-ethyl adjacent to an activating group) is 1. The van der Waals surface area contributed by atoms with Gasteiger partial charge < -0.3 is 4.90 Å². The van der Waals surface area contributed by atoms with Gasteiger partial charge in [0.1, 0.15) is 0 Å². The van der Waals surface area contributed by atoms with Crippen LogP contribution >= 0.6 is 11.3 Å². The van der Waals surface area contributed by atoms with Gasteiger partial charge in [-0.2, -0.15) is 13.2 Å². The van der Waals surface area contributed by atoms with Crippen LogP contribution in [0.5, 0.6) is 0 Å². The van der Waals surface area contributed by atoms with Gasteiger partial charge in [-0.3, -0.25) is 4.79 Å². The van der Waals surface area contributed by atoms with E-state index < -0.39 is 11.7 Å². The van der Waals surface area contributed by atoms with E-state index in [1.807, 2.05) is 24.4 Å². The second-order valence-electron chi connectivity index (χ2n) is 4.86. The number of carbonyl (C=O) groups is 1. The van der Waals surface area contributed by atoms with E-state index in [2.05, 4.69) is 0 Å². The Labute approximate surface area is 131 Å². The standard InChI is InChI=1S/C16H16F3NOS/c1-2-20(11-14-7-4-8-22-14)15(21)10-12-5-3-6-13(9-12)16(17,18)19/h3-9H,2,10-11H2,1H3. The lowest BCUT2D eigenvalue weighted by Crippen LogP contribution is -2.31. The molecule has 1 amide bonds. The molecule has 0 unspecified atom stereocenters. The smallest absolute Gasteiger partial charge is 0.338 e. The zero-order chi connectivity index (χ0) is 16.2. The summed E-state index contributed by atoms with van der Waals surface area (Å²) in [5.74, 6) is -0.171. The van der Waals surface area contributed by atoms with Gasteiger partial charge in [0.2, 0.25) is 5.91 Å². The molecule has 1 aromatic heterocycles. The van der Waals surface area contributed by atoms with E-state index in [9.17, 15) is 18.0 Å². The first-order valence-corrected chi connectivity index (χ1v) is 7.74. The minimum absolute atomic E-state index is 0.0247. The molecule has 6 heteroatoms. The molecule has 22 heavy (non-hydrogen) atoms. The number of halogens is 3. The lowest BCUT2D eigenvalue weighted by molar-refractivity contribution is -0.138. The lowest BCUT2D eigenvalue weighted by atomic mass is 10.1. The Bertz CT molecular complexity index is 623. The van der Waals surface area contributed by atoms with Crippen molar-refractivity contribution in [3.63, 3.8) is 0 Å². The van der Waals surface area contributed by atoms with Gasteiger partial charge in [0.05, 0.1) is 18.5 Å². The number of hydrogen-bond donors (Lipinski definition) is 0. The average molecular weight is 327 g/mol. The molecule has 0 aliphatic heterocycles. The van der Waals surface area contributed by atoms with Crippen LogP contribution in [0.15, 0.2) is 41.8 Å². The fourth-order valence-corrected chi connectivity index (χ4v) is 2.83. The van der Waals surface area contributed by atoms with Crippen molar-refractivity contribution >= 4 is 17.2 Å². The van der Waals surface area contributed by atoms with Crippen LogP contribution in [0.1, 0.15) is 22.9 Å². The van der Waals surface area contributed by atoms with Crippen LogP contribution in [0, 0.1) is 0 Å². The Balaban J connectivity index is 2.07. The Morgan fingerprint density at radius 1 is 1.23 bits per heavy atom. The Morgan fingerprint density at radius 2 is 2.00 bits per heavy atom. The molecule has 0 radical (unpaired) electrons. The maximum Gasteiger partial charge on any atom is 0.416 e. The van der Waals surface area contributed by atoms with Crippen LogP contribution in [-0.4, -0.2) is 17.4 Å². The predicted octanol–water partition coefficient (Wildman–Crippen LogP) is 4.36. The zero-order valence-electron chi connectivity index (χ0n) is 12.1. The fourth-order valence-electron chi connectivity index (χ4n) is 2.11. The lowest BCUT2D eigenvalue weighted by Gasteiger charge is -2.20. The third-order valence-corrected chi connectivity index (χ3v) is 4.13. The summed E-state index contributed by atoms with van der Waals surface area (Å²) < 4.78 is 38.1. The van der Waals surface area contributed by atoms with Gasteiger partial charge in [-0.25, -0.2) is 0 Å². The SMILES string of the molecule is CCN(Cc1cccs1)C(=O)Cc1cccc(C(F)(F)F)c1. The van der Waals surface area contributed by atoms with Crippen LogP contribution in [0.3, 0.4) is 0 Å². The van der Waals surface area contributed by atoms with Gasteiger partial charge in [0.15, 0.2) is 0 Å². The number of amides is 1. The minimum Gasteiger partial charge on any atom is -0.338 e. The van der Waals surface area contributed by atoms with E-state index in [-0.39, 0.29) is 12.3 Å². The molecule has 0 spiro atoms. The molecule has 0 saturated carbocycles. The van der Waals surface area contributed by atoms with Crippen molar-refractivity contribution in [2.75, 3.05) is 6.54 Å². The maximum atomic E-state index is 12.7. The molecule has 2 rings (SSSR count). The molecule has 0 aliphatic carbocycles. The van der Waals surface area contributed by atoms with Crippen LogP contribution in [0.25, 0.3) is 0 Å². The number of carbonyl (C=O) groups excluding carboxylic acids is 1. The van der Waals surface area contributed by atoms with E-state index in [0.717, 1.165) is 17.0 Å². The molecule has 2 aromatic rings. The summed E-state index contributed by atoms with van der Waals surface area (Å²) in [6.07, 6.45) is -4.41. The van der Waals surface area contributed by atoms with Gasteiger partial charge in [-0.1, -0.05) is 24.3 Å². The first kappa shape index (κ1) is 16.5. The van der Waals surface area contributed by atoms with E-state index >= 15 is 0 Å². The number of hydrogen-bond acceptors (Lipinski definition) is 2. The van der Waals surface area contributed by atoms with E-state index in [1.165, 1.54) is 6.07 Å². The fraction of sp³-hybridized carbons (Fsp3) is 0.312. The number of thiophene rings is 1. The van der Waals surface area contributed by atoms with Crippen LogP contribution in [0.4, 0.5) is 13.2 Å². The number of nitrogens with zero attached hydrogens (tertiary/aromatic N) is 1. The third kappa shape index (κ3) is 4.34. The van der Waals surface area contributed by atoms with Gasteiger partial charge in [-0.05, 0) is 30.0 Å². The normalized spacial score (nSPS) is 11.5. The molecule has 0 saturated heterocycles. The third-order valence-electron chi connectivity index (χ3n) is 3.27. The largest absolute Gasteiger partial charge is 0.416 e. The van der Waals surface area contributed by atoms with Crippen LogP contribution < -0.4 is 0 Å². The summed E-state index contributed by atoms with van der Waals surface area (Å²) in [5, 5.41) is 1.93. The van der Waals surface area contributed by atoms with Crippen molar-refractivity contribution in [2.24, 2.45) is 0 Å².